The Balaban J connectivity index is 2.76. The van der Waals surface area contributed by atoms with Crippen molar-refractivity contribution in [3.05, 3.63) is 29.8 Å². The third-order valence-electron chi connectivity index (χ3n) is 3.51. The highest BCUT2D eigenvalue weighted by molar-refractivity contribution is 5.86. The molecule has 0 bridgehead atoms. The van der Waals surface area contributed by atoms with E-state index in [9.17, 15) is 9.59 Å². The number of guanidine groups is 1. The fourth-order valence-electron chi connectivity index (χ4n) is 1.88. The van der Waals surface area contributed by atoms with E-state index < -0.39 is 23.2 Å². The largest absolute Gasteiger partial charge is 0.444 e. The summed E-state index contributed by atoms with van der Waals surface area (Å²) in [7, 11) is 0. The quantitative estimate of drug-likeness (QED) is 0.307. The molecule has 0 fully saturated rings. The van der Waals surface area contributed by atoms with Crippen molar-refractivity contribution in [2.75, 3.05) is 0 Å². The number of hydrogen-bond acceptors (Lipinski definition) is 5. The molecule has 0 unspecified atom stereocenters. The molecule has 8 heteroatoms. The molecule has 0 spiro atoms. The number of rotatable bonds is 6. The van der Waals surface area contributed by atoms with Crippen molar-refractivity contribution in [3.8, 4) is 5.75 Å². The number of benzene rings is 1. The molecule has 1 rings (SSSR count). The van der Waals surface area contributed by atoms with Crippen LogP contribution in [0, 0.1) is 0 Å². The van der Waals surface area contributed by atoms with Gasteiger partial charge in [-0.15, -0.1) is 0 Å². The van der Waals surface area contributed by atoms with Crippen LogP contribution in [0.3, 0.4) is 0 Å². The summed E-state index contributed by atoms with van der Waals surface area (Å²) in [6.07, 6.45) is -0.334. The van der Waals surface area contributed by atoms with Crippen molar-refractivity contribution in [3.63, 3.8) is 0 Å². The molecule has 0 aliphatic rings. The van der Waals surface area contributed by atoms with Gasteiger partial charge >= 0.3 is 12.1 Å². The summed E-state index contributed by atoms with van der Waals surface area (Å²) in [6, 6.07) is 6.78. The van der Waals surface area contributed by atoms with Gasteiger partial charge in [-0.3, -0.25) is 0 Å². The molecule has 26 heavy (non-hydrogen) atoms. The number of carbonyl (C=O) groups excluding carboxylic acids is 2. The number of ether oxygens (including phenoxy) is 2. The van der Waals surface area contributed by atoms with Gasteiger partial charge in [0.1, 0.15) is 16.9 Å². The van der Waals surface area contributed by atoms with Crippen LogP contribution in [0.4, 0.5) is 4.79 Å². The normalized spacial score (nSPS) is 13.3. The molecule has 0 saturated carbocycles. The molecule has 0 aromatic heterocycles. The Kier molecular flexibility index (Phi) is 7.00. The number of nitrogens with one attached hydrogen (secondary N) is 1. The number of esters is 1. The average molecular weight is 364 g/mol. The molecule has 5 N–H and O–H groups in total. The molecular weight excluding hydrogens is 336 g/mol. The van der Waals surface area contributed by atoms with Gasteiger partial charge < -0.3 is 26.3 Å². The van der Waals surface area contributed by atoms with Crippen LogP contribution >= 0.6 is 0 Å². The van der Waals surface area contributed by atoms with Crippen LogP contribution in [-0.2, 0) is 16.1 Å². The lowest BCUT2D eigenvalue weighted by atomic mass is 9.99. The molecule has 1 amide bonds. The van der Waals surface area contributed by atoms with Crippen LogP contribution in [0.2, 0.25) is 0 Å². The zero-order chi connectivity index (χ0) is 20.0. The van der Waals surface area contributed by atoms with Crippen LogP contribution in [0.25, 0.3) is 0 Å². The van der Waals surface area contributed by atoms with Crippen molar-refractivity contribution in [1.29, 1.82) is 0 Å². The van der Waals surface area contributed by atoms with Gasteiger partial charge in [-0.25, -0.2) is 14.6 Å². The molecule has 0 aliphatic heterocycles. The van der Waals surface area contributed by atoms with Crippen molar-refractivity contribution in [1.82, 2.24) is 5.32 Å². The Labute approximate surface area is 153 Å². The molecule has 0 saturated heterocycles. The smallest absolute Gasteiger partial charge is 0.408 e. The summed E-state index contributed by atoms with van der Waals surface area (Å²) < 4.78 is 10.6. The molecule has 1 aromatic rings. The Morgan fingerprint density at radius 3 is 2.15 bits per heavy atom. The summed E-state index contributed by atoms with van der Waals surface area (Å²) >= 11 is 0. The molecule has 1 aromatic carbocycles. The van der Waals surface area contributed by atoms with Gasteiger partial charge in [-0.05, 0) is 51.8 Å². The zero-order valence-electron chi connectivity index (χ0n) is 16.0. The molecule has 1 atom stereocenters. The van der Waals surface area contributed by atoms with Crippen LogP contribution < -0.4 is 21.5 Å². The van der Waals surface area contributed by atoms with Crippen LogP contribution in [0.15, 0.2) is 29.3 Å². The molecular formula is C18H28N4O4. The lowest BCUT2D eigenvalue weighted by molar-refractivity contribution is -0.141. The first kappa shape index (κ1) is 21.3. The SMILES string of the molecule is CC[C@@](C)(NC(=O)OC(C)(C)C)C(=O)Oc1ccc(CN=C(N)N)cc1. The lowest BCUT2D eigenvalue weighted by Gasteiger charge is -2.29. The Bertz CT molecular complexity index is 661. The predicted molar refractivity (Wildman–Crippen MR) is 99.7 cm³/mol. The van der Waals surface area contributed by atoms with E-state index in [1.54, 1.807) is 58.9 Å². The monoisotopic (exact) mass is 364 g/mol. The van der Waals surface area contributed by atoms with Crippen molar-refractivity contribution < 1.29 is 19.1 Å². The highest BCUT2D eigenvalue weighted by Gasteiger charge is 2.36. The van der Waals surface area contributed by atoms with Gasteiger partial charge in [0.25, 0.3) is 0 Å². The van der Waals surface area contributed by atoms with Gasteiger partial charge in [-0.2, -0.15) is 0 Å². The molecule has 0 aliphatic carbocycles. The number of nitrogens with two attached hydrogens (primary N) is 2. The van der Waals surface area contributed by atoms with E-state index in [1.165, 1.54) is 0 Å². The van der Waals surface area contributed by atoms with Gasteiger partial charge in [0.2, 0.25) is 0 Å². The van der Waals surface area contributed by atoms with Gasteiger partial charge in [0.05, 0.1) is 6.54 Å². The second-order valence-electron chi connectivity index (χ2n) is 7.09. The minimum Gasteiger partial charge on any atom is -0.444 e. The minimum atomic E-state index is -1.21. The van der Waals surface area contributed by atoms with E-state index in [0.717, 1.165) is 5.56 Å². The Hall–Kier alpha value is -2.77. The molecule has 0 radical (unpaired) electrons. The first-order valence-electron chi connectivity index (χ1n) is 8.33. The number of amides is 1. The second kappa shape index (κ2) is 8.55. The molecule has 144 valence electrons. The van der Waals surface area contributed by atoms with E-state index >= 15 is 0 Å². The van der Waals surface area contributed by atoms with Gasteiger partial charge in [-0.1, -0.05) is 19.1 Å². The number of carbonyl (C=O) groups is 2. The highest BCUT2D eigenvalue weighted by atomic mass is 16.6. The van der Waals surface area contributed by atoms with E-state index in [2.05, 4.69) is 10.3 Å². The zero-order valence-corrected chi connectivity index (χ0v) is 16.0. The van der Waals surface area contributed by atoms with Crippen molar-refractivity contribution in [2.45, 2.75) is 58.7 Å². The lowest BCUT2D eigenvalue weighted by Crippen LogP contribution is -2.54. The second-order valence-corrected chi connectivity index (χ2v) is 7.09. The van der Waals surface area contributed by atoms with E-state index in [1.807, 2.05) is 0 Å². The summed E-state index contributed by atoms with van der Waals surface area (Å²) in [4.78, 5) is 28.4. The van der Waals surface area contributed by atoms with E-state index in [0.29, 0.717) is 18.7 Å². The predicted octanol–water partition coefficient (Wildman–Crippen LogP) is 2.06. The van der Waals surface area contributed by atoms with Crippen LogP contribution in [-0.4, -0.2) is 29.2 Å². The van der Waals surface area contributed by atoms with Gasteiger partial charge in [0, 0.05) is 0 Å². The third-order valence-corrected chi connectivity index (χ3v) is 3.51. The van der Waals surface area contributed by atoms with E-state index in [-0.39, 0.29) is 5.96 Å². The number of alkyl carbamates (subject to hydrolysis) is 1. The number of hydrogen-bond donors (Lipinski definition) is 3. The minimum absolute atomic E-state index is 0.00688. The molecule has 8 nitrogen and oxygen atoms in total. The average Bonchev–Trinajstić information content (AvgIpc) is 2.52. The summed E-state index contributed by atoms with van der Waals surface area (Å²) in [5.74, 6) is -0.218. The molecule has 0 heterocycles. The van der Waals surface area contributed by atoms with Crippen LogP contribution in [0.1, 0.15) is 46.6 Å². The maximum absolute atomic E-state index is 12.5. The maximum Gasteiger partial charge on any atom is 0.408 e. The fourth-order valence-corrected chi connectivity index (χ4v) is 1.88. The fraction of sp³-hybridized carbons (Fsp3) is 0.500. The van der Waals surface area contributed by atoms with Crippen molar-refractivity contribution >= 4 is 18.0 Å². The Morgan fingerprint density at radius 1 is 1.12 bits per heavy atom. The third kappa shape index (κ3) is 7.00. The summed E-state index contributed by atoms with van der Waals surface area (Å²) in [5, 5.41) is 2.58. The summed E-state index contributed by atoms with van der Waals surface area (Å²) in [6.45, 7) is 8.95. The Morgan fingerprint density at radius 2 is 1.69 bits per heavy atom. The first-order valence-corrected chi connectivity index (χ1v) is 8.33. The summed E-state index contributed by atoms with van der Waals surface area (Å²) in [5.41, 5.74) is 9.58. The van der Waals surface area contributed by atoms with Gasteiger partial charge in [0.15, 0.2) is 5.96 Å². The van der Waals surface area contributed by atoms with Crippen molar-refractivity contribution in [2.24, 2.45) is 16.5 Å². The highest BCUT2D eigenvalue weighted by Crippen LogP contribution is 2.19. The first-order chi connectivity index (χ1) is 11.9. The topological polar surface area (TPSA) is 129 Å². The van der Waals surface area contributed by atoms with Crippen LogP contribution in [0.5, 0.6) is 5.75 Å². The standard InChI is InChI=1S/C18H28N4O4/c1-6-18(5,22-16(24)26-17(2,3)4)14(23)25-13-9-7-12(8-10-13)11-21-15(19)20/h7-10H,6,11H2,1-5H3,(H,22,24)(H4,19,20,21)/t18-/m1/s1. The number of aliphatic imine (C=N–C) groups is 1. The maximum atomic E-state index is 12.5. The van der Waals surface area contributed by atoms with E-state index in [4.69, 9.17) is 20.9 Å². The number of nitrogens with zero attached hydrogens (tertiary/aromatic N) is 1.